The monoisotopic (exact) mass is 467 g/mol. The van der Waals surface area contributed by atoms with E-state index in [-0.39, 0.29) is 5.69 Å². The second-order valence-electron chi connectivity index (χ2n) is 8.14. The summed E-state index contributed by atoms with van der Waals surface area (Å²) in [5.74, 6) is 1.08. The average molecular weight is 468 g/mol. The molecule has 3 aromatic rings. The van der Waals surface area contributed by atoms with Crippen LogP contribution >= 0.6 is 0 Å². The van der Waals surface area contributed by atoms with Crippen molar-refractivity contribution in [2.24, 2.45) is 0 Å². The highest BCUT2D eigenvalue weighted by atomic mass is 32.2. The molecular weight excluding hydrogens is 442 g/mol. The van der Waals surface area contributed by atoms with E-state index in [9.17, 15) is 18.5 Å². The van der Waals surface area contributed by atoms with E-state index in [1.54, 1.807) is 24.3 Å². The number of nitro groups is 1. The largest absolute Gasteiger partial charge is 0.354 e. The third-order valence-electron chi connectivity index (χ3n) is 5.83. The molecule has 0 N–H and O–H groups in total. The van der Waals surface area contributed by atoms with Crippen molar-refractivity contribution in [2.45, 2.75) is 25.7 Å². The first kappa shape index (κ1) is 22.8. The zero-order chi connectivity index (χ0) is 23.8. The van der Waals surface area contributed by atoms with Crippen molar-refractivity contribution in [2.75, 3.05) is 31.1 Å². The maximum atomic E-state index is 13.1. The minimum Gasteiger partial charge on any atom is -0.354 e. The van der Waals surface area contributed by atoms with E-state index in [4.69, 9.17) is 0 Å². The number of benzene rings is 2. The molecular formula is C23H25N5O4S. The molecule has 0 radical (unpaired) electrons. The summed E-state index contributed by atoms with van der Waals surface area (Å²) in [5, 5.41) is 11.1. The highest BCUT2D eigenvalue weighted by molar-refractivity contribution is 7.89. The summed E-state index contributed by atoms with van der Waals surface area (Å²) in [6, 6.07) is 13.3. The molecule has 1 aliphatic heterocycles. The van der Waals surface area contributed by atoms with Crippen molar-refractivity contribution in [3.8, 4) is 11.4 Å². The van der Waals surface area contributed by atoms with Gasteiger partial charge < -0.3 is 4.90 Å². The van der Waals surface area contributed by atoms with Crippen LogP contribution in [0.4, 0.5) is 11.5 Å². The van der Waals surface area contributed by atoms with E-state index in [2.05, 4.69) is 9.97 Å². The van der Waals surface area contributed by atoms with Crippen LogP contribution in [-0.2, 0) is 10.0 Å². The van der Waals surface area contributed by atoms with Crippen molar-refractivity contribution in [1.82, 2.24) is 14.3 Å². The summed E-state index contributed by atoms with van der Waals surface area (Å²) in [7, 11) is -3.57. The van der Waals surface area contributed by atoms with Gasteiger partial charge in [-0.1, -0.05) is 18.2 Å². The van der Waals surface area contributed by atoms with Crippen LogP contribution in [-0.4, -0.2) is 53.8 Å². The Hall–Kier alpha value is -3.37. The second-order valence-corrected chi connectivity index (χ2v) is 10.1. The number of hydrogen-bond acceptors (Lipinski definition) is 7. The first-order valence-corrected chi connectivity index (χ1v) is 12.0. The lowest BCUT2D eigenvalue weighted by Gasteiger charge is -2.35. The van der Waals surface area contributed by atoms with Crippen LogP contribution in [0.5, 0.6) is 0 Å². The summed E-state index contributed by atoms with van der Waals surface area (Å²) in [5.41, 5.74) is 3.26. The normalized spacial score (nSPS) is 14.9. The predicted molar refractivity (Wildman–Crippen MR) is 126 cm³/mol. The number of sulfonamides is 1. The van der Waals surface area contributed by atoms with Gasteiger partial charge in [-0.05, 0) is 44.0 Å². The fourth-order valence-electron chi connectivity index (χ4n) is 3.78. The average Bonchev–Trinajstić information content (AvgIpc) is 2.80. The van der Waals surface area contributed by atoms with Crippen LogP contribution in [0.3, 0.4) is 0 Å². The second kappa shape index (κ2) is 8.87. The van der Waals surface area contributed by atoms with E-state index in [0.29, 0.717) is 48.3 Å². The third-order valence-corrected chi connectivity index (χ3v) is 7.73. The third kappa shape index (κ3) is 4.71. The molecule has 2 aromatic carbocycles. The number of nitro benzene ring substituents is 1. The van der Waals surface area contributed by atoms with Crippen LogP contribution in [0.1, 0.15) is 16.8 Å². The highest BCUT2D eigenvalue weighted by Gasteiger charge is 2.29. The molecule has 4 rings (SSSR count). The van der Waals surface area contributed by atoms with E-state index < -0.39 is 14.9 Å². The topological polar surface area (TPSA) is 110 Å². The van der Waals surface area contributed by atoms with E-state index >= 15 is 0 Å². The molecule has 172 valence electrons. The highest BCUT2D eigenvalue weighted by Crippen LogP contribution is 2.26. The summed E-state index contributed by atoms with van der Waals surface area (Å²) in [6.45, 7) is 7.34. The Balaban J connectivity index is 1.54. The van der Waals surface area contributed by atoms with Gasteiger partial charge in [0.25, 0.3) is 5.69 Å². The summed E-state index contributed by atoms with van der Waals surface area (Å²) in [4.78, 5) is 22.1. The van der Waals surface area contributed by atoms with Crippen LogP contribution in [0.15, 0.2) is 53.4 Å². The number of aromatic nitrogens is 2. The quantitative estimate of drug-likeness (QED) is 0.417. The van der Waals surface area contributed by atoms with E-state index in [1.807, 2.05) is 37.8 Å². The molecule has 0 unspecified atom stereocenters. The molecule has 0 bridgehead atoms. The molecule has 1 saturated heterocycles. The number of non-ortho nitro benzene ring substituents is 1. The van der Waals surface area contributed by atoms with E-state index in [1.165, 1.54) is 16.4 Å². The van der Waals surface area contributed by atoms with Gasteiger partial charge >= 0.3 is 0 Å². The smallest absolute Gasteiger partial charge is 0.270 e. The van der Waals surface area contributed by atoms with Crippen molar-refractivity contribution in [1.29, 1.82) is 0 Å². The summed E-state index contributed by atoms with van der Waals surface area (Å²) >= 11 is 0. The molecule has 10 heteroatoms. The molecule has 1 aromatic heterocycles. The predicted octanol–water partition coefficient (Wildman–Crippen LogP) is 3.49. The van der Waals surface area contributed by atoms with Gasteiger partial charge in [0.15, 0.2) is 5.82 Å². The van der Waals surface area contributed by atoms with Crippen molar-refractivity contribution < 1.29 is 13.3 Å². The Morgan fingerprint density at radius 3 is 2.30 bits per heavy atom. The molecule has 33 heavy (non-hydrogen) atoms. The van der Waals surface area contributed by atoms with Crippen LogP contribution in [0, 0.1) is 30.9 Å². The number of hydrogen-bond donors (Lipinski definition) is 0. The van der Waals surface area contributed by atoms with Gasteiger partial charge in [-0.15, -0.1) is 0 Å². The minimum absolute atomic E-state index is 0.0238. The lowest BCUT2D eigenvalue weighted by atomic mass is 10.1. The summed E-state index contributed by atoms with van der Waals surface area (Å²) in [6.07, 6.45) is 0. The SMILES string of the molecule is Cc1cc(N2CCN(S(=O)(=O)c3ccc(C)c(C)c3)CC2)nc(-c2cccc([N+](=O)[O-])c2)n1. The van der Waals surface area contributed by atoms with Gasteiger partial charge in [-0.2, -0.15) is 4.31 Å². The zero-order valence-corrected chi connectivity index (χ0v) is 19.5. The number of anilines is 1. The number of rotatable bonds is 5. The van der Waals surface area contributed by atoms with Gasteiger partial charge in [0.05, 0.1) is 9.82 Å². The first-order chi connectivity index (χ1) is 15.6. The molecule has 1 aliphatic rings. The Labute approximate surface area is 192 Å². The molecule has 0 saturated carbocycles. The van der Waals surface area contributed by atoms with Gasteiger partial charge in [-0.25, -0.2) is 18.4 Å². The van der Waals surface area contributed by atoms with Gasteiger partial charge in [0.2, 0.25) is 10.0 Å². The van der Waals surface area contributed by atoms with Gasteiger partial charge in [0.1, 0.15) is 5.82 Å². The lowest BCUT2D eigenvalue weighted by Crippen LogP contribution is -2.49. The van der Waals surface area contributed by atoms with Gasteiger partial charge in [0, 0.05) is 55.6 Å². The minimum atomic E-state index is -3.57. The lowest BCUT2D eigenvalue weighted by molar-refractivity contribution is -0.384. The number of nitrogens with zero attached hydrogens (tertiary/aromatic N) is 5. The van der Waals surface area contributed by atoms with Crippen molar-refractivity contribution in [3.05, 3.63) is 75.5 Å². The zero-order valence-electron chi connectivity index (χ0n) is 18.7. The fourth-order valence-corrected chi connectivity index (χ4v) is 5.29. The van der Waals surface area contributed by atoms with Crippen LogP contribution in [0.2, 0.25) is 0 Å². The fraction of sp³-hybridized carbons (Fsp3) is 0.304. The maximum absolute atomic E-state index is 13.1. The number of piperazine rings is 1. The van der Waals surface area contributed by atoms with Crippen LogP contribution < -0.4 is 4.90 Å². The molecule has 0 atom stereocenters. The van der Waals surface area contributed by atoms with Gasteiger partial charge in [-0.3, -0.25) is 10.1 Å². The van der Waals surface area contributed by atoms with Crippen molar-refractivity contribution >= 4 is 21.5 Å². The molecule has 1 fully saturated rings. The Bertz CT molecular complexity index is 1320. The molecule has 9 nitrogen and oxygen atoms in total. The summed E-state index contributed by atoms with van der Waals surface area (Å²) < 4.78 is 27.7. The molecule has 2 heterocycles. The van der Waals surface area contributed by atoms with E-state index in [0.717, 1.165) is 16.8 Å². The van der Waals surface area contributed by atoms with Crippen molar-refractivity contribution in [3.63, 3.8) is 0 Å². The Morgan fingerprint density at radius 2 is 1.64 bits per heavy atom. The molecule has 0 spiro atoms. The first-order valence-electron chi connectivity index (χ1n) is 10.6. The number of aryl methyl sites for hydroxylation is 3. The maximum Gasteiger partial charge on any atom is 0.270 e. The Morgan fingerprint density at radius 1 is 0.909 bits per heavy atom. The van der Waals surface area contributed by atoms with Crippen LogP contribution in [0.25, 0.3) is 11.4 Å². The standard InChI is InChI=1S/C23H25N5O4S/c1-16-7-8-21(13-17(16)2)33(31,32)27-11-9-26(10-12-27)22-14-18(3)24-23(25-22)19-5-4-6-20(15-19)28(29)30/h4-8,13-15H,9-12H2,1-3H3. The molecule has 0 aliphatic carbocycles. The Kier molecular flexibility index (Phi) is 6.13. The molecule has 0 amide bonds.